The van der Waals surface area contributed by atoms with E-state index in [0.717, 1.165) is 44.9 Å². The van der Waals surface area contributed by atoms with Crippen molar-refractivity contribution in [3.8, 4) is 0 Å². The first-order valence-electron chi connectivity index (χ1n) is 18.9. The number of rotatable bonds is 6. The lowest BCUT2D eigenvalue weighted by Gasteiger charge is -2.45. The summed E-state index contributed by atoms with van der Waals surface area (Å²) in [5.74, 6) is 1.41. The maximum Gasteiger partial charge on any atom is 0.0587 e. The molecule has 0 fully saturated rings. The van der Waals surface area contributed by atoms with Gasteiger partial charge in [0.2, 0.25) is 0 Å². The van der Waals surface area contributed by atoms with Gasteiger partial charge in [0.15, 0.2) is 0 Å². The zero-order valence-corrected chi connectivity index (χ0v) is 28.7. The van der Waals surface area contributed by atoms with Crippen LogP contribution in [0, 0.1) is 11.8 Å². The van der Waals surface area contributed by atoms with E-state index in [4.69, 9.17) is 0 Å². The Balaban J connectivity index is 1.15. The molecule has 0 bridgehead atoms. The van der Waals surface area contributed by atoms with Crippen molar-refractivity contribution in [3.05, 3.63) is 172 Å². The fourth-order valence-electron chi connectivity index (χ4n) is 10.1. The summed E-state index contributed by atoms with van der Waals surface area (Å²) in [4.78, 5) is 5.43. The van der Waals surface area contributed by atoms with Crippen molar-refractivity contribution in [3.63, 3.8) is 0 Å². The Labute approximate surface area is 296 Å². The molecule has 4 aromatic rings. The van der Waals surface area contributed by atoms with Gasteiger partial charge in [0.05, 0.1) is 6.04 Å². The molecule has 0 saturated carbocycles. The average Bonchev–Trinajstić information content (AvgIpc) is 3.19. The Morgan fingerprint density at radius 3 is 2.30 bits per heavy atom. The summed E-state index contributed by atoms with van der Waals surface area (Å²) in [6, 6.07) is 34.9. The minimum Gasteiger partial charge on any atom is -0.337 e. The van der Waals surface area contributed by atoms with Crippen LogP contribution in [0.15, 0.2) is 140 Å². The normalized spacial score (nSPS) is 25.2. The van der Waals surface area contributed by atoms with E-state index < -0.39 is 0 Å². The second-order valence-electron chi connectivity index (χ2n) is 14.9. The van der Waals surface area contributed by atoms with Gasteiger partial charge in [-0.1, -0.05) is 121 Å². The highest BCUT2D eigenvalue weighted by molar-refractivity contribution is 5.84. The molecule has 0 saturated heterocycles. The van der Waals surface area contributed by atoms with E-state index in [1.807, 2.05) is 0 Å². The first-order valence-corrected chi connectivity index (χ1v) is 18.9. The van der Waals surface area contributed by atoms with Crippen LogP contribution in [-0.2, 0) is 6.42 Å². The monoisotopic (exact) mass is 648 g/mol. The van der Waals surface area contributed by atoms with Gasteiger partial charge in [-0.25, -0.2) is 0 Å². The predicted octanol–water partition coefficient (Wildman–Crippen LogP) is 10.0. The van der Waals surface area contributed by atoms with Crippen molar-refractivity contribution in [2.75, 3.05) is 9.80 Å². The van der Waals surface area contributed by atoms with Crippen molar-refractivity contribution in [1.29, 1.82) is 0 Å². The maximum atomic E-state index is 2.72. The third kappa shape index (κ3) is 4.83. The van der Waals surface area contributed by atoms with Crippen LogP contribution in [0.25, 0.3) is 23.4 Å². The van der Waals surface area contributed by atoms with Crippen LogP contribution in [0.1, 0.15) is 66.7 Å². The topological polar surface area (TPSA) is 6.48 Å². The average molecular weight is 649 g/mol. The van der Waals surface area contributed by atoms with Crippen LogP contribution < -0.4 is 20.2 Å². The molecule has 5 atom stereocenters. The highest BCUT2D eigenvalue weighted by atomic mass is 15.2. The van der Waals surface area contributed by atoms with Gasteiger partial charge in [-0.3, -0.25) is 0 Å². The molecule has 0 amide bonds. The molecular weight excluding hydrogens is 605 g/mol. The van der Waals surface area contributed by atoms with Gasteiger partial charge in [0.25, 0.3) is 0 Å². The summed E-state index contributed by atoms with van der Waals surface area (Å²) in [5.41, 5.74) is 13.0. The lowest BCUT2D eigenvalue weighted by Crippen LogP contribution is -2.47. The van der Waals surface area contributed by atoms with E-state index in [9.17, 15) is 0 Å². The first kappa shape index (κ1) is 29.8. The number of para-hydroxylation sites is 2. The van der Waals surface area contributed by atoms with Crippen LogP contribution in [0.4, 0.5) is 17.1 Å². The number of benzene rings is 4. The number of nitrogens with zero attached hydrogens (tertiary/aromatic N) is 2. The van der Waals surface area contributed by atoms with Crippen molar-refractivity contribution >= 4 is 40.5 Å². The molecule has 2 heteroatoms. The van der Waals surface area contributed by atoms with Crippen LogP contribution in [-0.4, -0.2) is 12.1 Å². The molecule has 50 heavy (non-hydrogen) atoms. The maximum absolute atomic E-state index is 2.72. The fourth-order valence-corrected chi connectivity index (χ4v) is 10.1. The summed E-state index contributed by atoms with van der Waals surface area (Å²) in [5, 5.41) is 2.89. The van der Waals surface area contributed by atoms with E-state index in [2.05, 4.69) is 162 Å². The van der Waals surface area contributed by atoms with Crippen molar-refractivity contribution in [2.24, 2.45) is 11.8 Å². The zero-order chi connectivity index (χ0) is 33.0. The number of allylic oxidation sites excluding steroid dienone is 7. The molecule has 5 unspecified atom stereocenters. The van der Waals surface area contributed by atoms with Crippen molar-refractivity contribution in [2.45, 2.75) is 62.9 Å². The van der Waals surface area contributed by atoms with Crippen molar-refractivity contribution in [1.82, 2.24) is 0 Å². The molecular formula is C48H44N2. The smallest absolute Gasteiger partial charge is 0.0587 e. The van der Waals surface area contributed by atoms with E-state index >= 15 is 0 Å². The highest BCUT2D eigenvalue weighted by Gasteiger charge is 2.40. The van der Waals surface area contributed by atoms with E-state index in [-0.39, 0.29) is 6.04 Å². The zero-order valence-electron chi connectivity index (χ0n) is 28.7. The lowest BCUT2D eigenvalue weighted by atomic mass is 9.70. The molecule has 0 N–H and O–H groups in total. The molecule has 4 aromatic carbocycles. The highest BCUT2D eigenvalue weighted by Crippen LogP contribution is 2.47. The Hall–Kier alpha value is -5.08. The SMILES string of the molecule is C1=CC2CC=CC(N(C3=c4ccc5c6c4C(=CCC6C(N(c4ccccc4)c4cccc6c4C=CCC6)CC=5)CC3)c3ccccc3)C2C=C1. The third-order valence-corrected chi connectivity index (χ3v) is 12.3. The van der Waals surface area contributed by atoms with Crippen LogP contribution in [0.3, 0.4) is 0 Å². The summed E-state index contributed by atoms with van der Waals surface area (Å²) in [6.07, 6.45) is 31.9. The Bertz CT molecular complexity index is 2230. The van der Waals surface area contributed by atoms with Gasteiger partial charge in [0.1, 0.15) is 0 Å². The Morgan fingerprint density at radius 2 is 1.44 bits per heavy atom. The number of aryl methyl sites for hydroxylation is 1. The van der Waals surface area contributed by atoms with Gasteiger partial charge < -0.3 is 9.80 Å². The largest absolute Gasteiger partial charge is 0.337 e. The molecule has 6 aliphatic carbocycles. The molecule has 10 rings (SSSR count). The number of hydrogen-bond acceptors (Lipinski definition) is 2. The second-order valence-corrected chi connectivity index (χ2v) is 14.9. The Kier molecular flexibility index (Phi) is 7.36. The number of anilines is 3. The lowest BCUT2D eigenvalue weighted by molar-refractivity contribution is 0.411. The van der Waals surface area contributed by atoms with Gasteiger partial charge in [0, 0.05) is 51.4 Å². The summed E-state index contributed by atoms with van der Waals surface area (Å²) >= 11 is 0. The minimum absolute atomic E-state index is 0.283. The molecule has 246 valence electrons. The second kappa shape index (κ2) is 12.4. The predicted molar refractivity (Wildman–Crippen MR) is 211 cm³/mol. The van der Waals surface area contributed by atoms with Crippen LogP contribution in [0.5, 0.6) is 0 Å². The molecule has 0 heterocycles. The van der Waals surface area contributed by atoms with Gasteiger partial charge in [-0.15, -0.1) is 0 Å². The van der Waals surface area contributed by atoms with E-state index in [0.29, 0.717) is 23.8 Å². The summed E-state index contributed by atoms with van der Waals surface area (Å²) in [7, 11) is 0. The van der Waals surface area contributed by atoms with Crippen LogP contribution in [0.2, 0.25) is 0 Å². The Morgan fingerprint density at radius 1 is 0.620 bits per heavy atom. The molecule has 0 aromatic heterocycles. The first-order chi connectivity index (χ1) is 24.8. The third-order valence-electron chi connectivity index (χ3n) is 12.3. The fraction of sp³-hybridized carbons (Fsp3) is 0.250. The van der Waals surface area contributed by atoms with E-state index in [1.165, 1.54) is 49.9 Å². The van der Waals surface area contributed by atoms with Crippen molar-refractivity contribution < 1.29 is 0 Å². The minimum atomic E-state index is 0.283. The number of fused-ring (bicyclic) bond motifs is 2. The summed E-state index contributed by atoms with van der Waals surface area (Å²) < 4.78 is 0. The standard InChI is InChI=1S/C48H44N2/c1-3-17-37(18-4-1)49(43-23-11-15-33-13-7-9-21-39(33)43)45-31-27-35-26-30-42-46(32-28-36-25-29-41(45)47(35)48(36)42)50(38-19-5-2-6-20-38)44-24-12-16-34-14-8-10-22-40(34)44/h1-7,9-13,16-26,28-29,33,39,42-43,46H,8,14-15,27,30-32H2. The molecule has 2 nitrogen and oxygen atoms in total. The summed E-state index contributed by atoms with van der Waals surface area (Å²) in [6.45, 7) is 0. The van der Waals surface area contributed by atoms with Gasteiger partial charge in [-0.05, 0) is 109 Å². The van der Waals surface area contributed by atoms with Gasteiger partial charge in [-0.2, -0.15) is 0 Å². The van der Waals surface area contributed by atoms with Crippen LogP contribution >= 0.6 is 0 Å². The quantitative estimate of drug-likeness (QED) is 0.192. The molecule has 0 radical (unpaired) electrons. The van der Waals surface area contributed by atoms with Gasteiger partial charge >= 0.3 is 0 Å². The number of hydrogen-bond donors (Lipinski definition) is 0. The molecule has 0 spiro atoms. The van der Waals surface area contributed by atoms with E-state index in [1.54, 1.807) is 11.1 Å². The molecule has 6 aliphatic rings. The molecule has 0 aliphatic heterocycles.